The number of ether oxygens (including phenoxy) is 3. The maximum absolute atomic E-state index is 12.1. The number of carbonyl (C=O) groups excluding carboxylic acids is 1. The lowest BCUT2D eigenvalue weighted by atomic mass is 9.72. The molecule has 0 aromatic heterocycles. The van der Waals surface area contributed by atoms with Crippen molar-refractivity contribution < 1.29 is 24.1 Å². The molecule has 1 N–H and O–H groups in total. The highest BCUT2D eigenvalue weighted by atomic mass is 16.5. The fraction of sp³-hybridized carbons (Fsp3) is 0.480. The first-order chi connectivity index (χ1) is 14.9. The normalized spacial score (nSPS) is 21.6. The molecule has 0 unspecified atom stereocenters. The van der Waals surface area contributed by atoms with Crippen LogP contribution in [-0.2, 0) is 11.2 Å². The number of rotatable bonds is 8. The zero-order valence-electron chi connectivity index (χ0n) is 18.8. The van der Waals surface area contributed by atoms with Gasteiger partial charge in [0, 0.05) is 24.4 Å². The zero-order valence-corrected chi connectivity index (χ0v) is 18.8. The first-order valence-corrected chi connectivity index (χ1v) is 10.7. The fourth-order valence-corrected chi connectivity index (χ4v) is 4.32. The molecule has 0 spiro atoms. The molecule has 2 aromatic carbocycles. The van der Waals surface area contributed by atoms with E-state index < -0.39 is 11.5 Å². The number of methoxy groups -OCH3 is 2. The van der Waals surface area contributed by atoms with Gasteiger partial charge < -0.3 is 24.2 Å². The Morgan fingerprint density at radius 2 is 1.94 bits per heavy atom. The summed E-state index contributed by atoms with van der Waals surface area (Å²) in [7, 11) is 3.00. The Bertz CT molecular complexity index is 869. The van der Waals surface area contributed by atoms with Gasteiger partial charge in [-0.1, -0.05) is 43.3 Å². The second kappa shape index (κ2) is 10.1. The second-order valence-corrected chi connectivity index (χ2v) is 8.43. The minimum Gasteiger partial charge on any atom is -0.493 e. The summed E-state index contributed by atoms with van der Waals surface area (Å²) in [5.41, 5.74) is 1.80. The van der Waals surface area contributed by atoms with Gasteiger partial charge in [-0.05, 0) is 43.0 Å². The largest absolute Gasteiger partial charge is 0.493 e. The van der Waals surface area contributed by atoms with Crippen molar-refractivity contribution in [3.63, 3.8) is 0 Å². The Balaban J connectivity index is 1.75. The number of amides is 1. The lowest BCUT2D eigenvalue weighted by molar-refractivity contribution is 0.0470. The number of aliphatic hydroxyl groups is 1. The lowest BCUT2D eigenvalue weighted by Gasteiger charge is -2.33. The van der Waals surface area contributed by atoms with Gasteiger partial charge in [0.1, 0.15) is 0 Å². The number of likely N-dealkylation sites (tertiary alicyclic amines) is 1. The Morgan fingerprint density at radius 1 is 1.19 bits per heavy atom. The van der Waals surface area contributed by atoms with Crippen LogP contribution in [0.3, 0.4) is 0 Å². The maximum Gasteiger partial charge on any atom is 0.409 e. The highest BCUT2D eigenvalue weighted by Gasteiger charge is 2.48. The van der Waals surface area contributed by atoms with Crippen molar-refractivity contribution in [2.45, 2.75) is 38.7 Å². The Morgan fingerprint density at radius 3 is 2.58 bits per heavy atom. The van der Waals surface area contributed by atoms with Gasteiger partial charge in [0.25, 0.3) is 0 Å². The molecule has 1 fully saturated rings. The molecule has 31 heavy (non-hydrogen) atoms. The Labute approximate surface area is 184 Å². The van der Waals surface area contributed by atoms with Gasteiger partial charge in [0.15, 0.2) is 11.5 Å². The summed E-state index contributed by atoms with van der Waals surface area (Å²) in [4.78, 5) is 13.8. The Hall–Kier alpha value is -2.73. The Kier molecular flexibility index (Phi) is 7.44. The summed E-state index contributed by atoms with van der Waals surface area (Å²) in [6.07, 6.45) is 0.868. The number of aryl methyl sites for hydroxylation is 1. The van der Waals surface area contributed by atoms with Crippen molar-refractivity contribution in [2.24, 2.45) is 5.41 Å². The third kappa shape index (κ3) is 5.13. The van der Waals surface area contributed by atoms with Crippen molar-refractivity contribution in [3.8, 4) is 11.5 Å². The van der Waals surface area contributed by atoms with Crippen LogP contribution < -0.4 is 9.47 Å². The summed E-state index contributed by atoms with van der Waals surface area (Å²) < 4.78 is 16.5. The summed E-state index contributed by atoms with van der Waals surface area (Å²) in [6, 6.07) is 16.2. The monoisotopic (exact) mass is 427 g/mol. The van der Waals surface area contributed by atoms with Crippen LogP contribution in [0.2, 0.25) is 0 Å². The predicted octanol–water partition coefficient (Wildman–Crippen LogP) is 4.26. The molecule has 1 saturated heterocycles. The number of carbonyl (C=O) groups is 1. The number of hydrogen-bond donors (Lipinski definition) is 1. The van der Waals surface area contributed by atoms with E-state index in [0.29, 0.717) is 31.2 Å². The van der Waals surface area contributed by atoms with E-state index in [0.717, 1.165) is 18.4 Å². The molecule has 2 aromatic rings. The van der Waals surface area contributed by atoms with Gasteiger partial charge in [-0.25, -0.2) is 4.79 Å². The van der Waals surface area contributed by atoms with E-state index >= 15 is 0 Å². The smallest absolute Gasteiger partial charge is 0.409 e. The molecule has 1 heterocycles. The minimum atomic E-state index is -0.593. The van der Waals surface area contributed by atoms with Crippen LogP contribution in [0.1, 0.15) is 37.3 Å². The molecule has 0 aliphatic carbocycles. The molecule has 0 saturated carbocycles. The van der Waals surface area contributed by atoms with E-state index in [-0.39, 0.29) is 12.0 Å². The van der Waals surface area contributed by atoms with Crippen LogP contribution in [0.25, 0.3) is 0 Å². The van der Waals surface area contributed by atoms with Crippen molar-refractivity contribution in [2.75, 3.05) is 33.9 Å². The van der Waals surface area contributed by atoms with Gasteiger partial charge in [-0.15, -0.1) is 0 Å². The van der Waals surface area contributed by atoms with Gasteiger partial charge in [0.2, 0.25) is 0 Å². The first kappa shape index (κ1) is 22.9. The van der Waals surface area contributed by atoms with Gasteiger partial charge >= 0.3 is 6.09 Å². The topological polar surface area (TPSA) is 68.2 Å². The molecule has 1 amide bonds. The van der Waals surface area contributed by atoms with E-state index in [9.17, 15) is 9.90 Å². The quantitative estimate of drug-likeness (QED) is 0.638. The average molecular weight is 428 g/mol. The minimum absolute atomic E-state index is 0.0517. The summed E-state index contributed by atoms with van der Waals surface area (Å²) in [5, 5.41) is 10.5. The molecule has 0 bridgehead atoms. The predicted molar refractivity (Wildman–Crippen MR) is 120 cm³/mol. The molecule has 6 heteroatoms. The van der Waals surface area contributed by atoms with Crippen LogP contribution in [0.15, 0.2) is 48.5 Å². The fourth-order valence-electron chi connectivity index (χ4n) is 4.32. The third-order valence-electron chi connectivity index (χ3n) is 6.42. The molecule has 6 nitrogen and oxygen atoms in total. The van der Waals surface area contributed by atoms with Crippen molar-refractivity contribution >= 4 is 6.09 Å². The highest BCUT2D eigenvalue weighted by Crippen LogP contribution is 2.47. The molecule has 168 valence electrons. The number of aliphatic hydroxyl groups excluding tert-OH is 1. The molecule has 0 radical (unpaired) electrons. The average Bonchev–Trinajstić information content (AvgIpc) is 3.15. The number of benzene rings is 2. The summed E-state index contributed by atoms with van der Waals surface area (Å²) >= 11 is 0. The summed E-state index contributed by atoms with van der Waals surface area (Å²) in [5.74, 6) is 1.30. The highest BCUT2D eigenvalue weighted by molar-refractivity contribution is 5.68. The van der Waals surface area contributed by atoms with E-state index in [4.69, 9.17) is 14.2 Å². The second-order valence-electron chi connectivity index (χ2n) is 8.43. The maximum atomic E-state index is 12.1. The molecule has 1 aliphatic heterocycles. The van der Waals surface area contributed by atoms with Crippen molar-refractivity contribution in [1.29, 1.82) is 0 Å². The van der Waals surface area contributed by atoms with Gasteiger partial charge in [0.05, 0.1) is 26.9 Å². The standard InChI is InChI=1S/C25H33NO5/c1-18(27)25(2)17-26(24(28)30-4)16-21(25)20-12-13-22(29-3)23(15-20)31-14-8-11-19-9-6-5-7-10-19/h5-7,9-10,12-13,15,18,21,27H,8,11,14,16-17H2,1-4H3/t18-,21+,25+/m1/s1. The molecular weight excluding hydrogens is 394 g/mol. The molecule has 1 aliphatic rings. The molecule has 3 rings (SSSR count). The van der Waals surface area contributed by atoms with Crippen LogP contribution in [0.5, 0.6) is 11.5 Å². The van der Waals surface area contributed by atoms with Crippen LogP contribution in [0.4, 0.5) is 4.79 Å². The SMILES string of the molecule is COC(=O)N1C[C@@H](c2ccc(OC)c(OCCCc3ccccc3)c2)[C@](C)([C@@H](C)O)C1. The van der Waals surface area contributed by atoms with Crippen LogP contribution in [0, 0.1) is 5.41 Å². The summed E-state index contributed by atoms with van der Waals surface area (Å²) in [6.45, 7) is 5.27. The molecule has 3 atom stereocenters. The number of nitrogens with zero attached hydrogens (tertiary/aromatic N) is 1. The van der Waals surface area contributed by atoms with Gasteiger partial charge in [-0.3, -0.25) is 0 Å². The van der Waals surface area contributed by atoms with Crippen LogP contribution in [-0.4, -0.2) is 56.1 Å². The van der Waals surface area contributed by atoms with Crippen molar-refractivity contribution in [1.82, 2.24) is 4.90 Å². The van der Waals surface area contributed by atoms with Crippen molar-refractivity contribution in [3.05, 3.63) is 59.7 Å². The van der Waals surface area contributed by atoms with Crippen LogP contribution >= 0.6 is 0 Å². The number of hydrogen-bond acceptors (Lipinski definition) is 5. The lowest BCUT2D eigenvalue weighted by Crippen LogP contribution is -2.38. The van der Waals surface area contributed by atoms with E-state index in [1.165, 1.54) is 12.7 Å². The molecular formula is C25H33NO5. The van der Waals surface area contributed by atoms with Gasteiger partial charge in [-0.2, -0.15) is 0 Å². The third-order valence-corrected chi connectivity index (χ3v) is 6.42. The van der Waals surface area contributed by atoms with E-state index in [1.54, 1.807) is 18.9 Å². The van der Waals surface area contributed by atoms with E-state index in [2.05, 4.69) is 12.1 Å². The zero-order chi connectivity index (χ0) is 22.4. The van der Waals surface area contributed by atoms with E-state index in [1.807, 2.05) is 43.3 Å². The first-order valence-electron chi connectivity index (χ1n) is 10.7.